The maximum Gasteiger partial charge on any atom is 0.319 e. The number of aliphatic hydroxyl groups excluding tert-OH is 1. The molecule has 0 aromatic heterocycles. The number of aliphatic hydroxyl groups is 2. The van der Waals surface area contributed by atoms with Crippen LogP contribution in [0.4, 0.5) is 0 Å². The largest absolute Gasteiger partial charge is 0.458 e. The minimum absolute atomic E-state index is 0.0603. The highest BCUT2D eigenvalue weighted by molar-refractivity contribution is 6.04. The van der Waals surface area contributed by atoms with E-state index in [0.717, 1.165) is 0 Å². The quantitative estimate of drug-likeness (QED) is 0.284. The lowest BCUT2D eigenvalue weighted by molar-refractivity contribution is -0.296. The third-order valence-corrected chi connectivity index (χ3v) is 10.7. The Morgan fingerprint density at radius 2 is 1.69 bits per heavy atom. The summed E-state index contributed by atoms with van der Waals surface area (Å²) in [5.41, 5.74) is -4.35. The minimum Gasteiger partial charge on any atom is -0.458 e. The van der Waals surface area contributed by atoms with Crippen molar-refractivity contribution in [1.29, 1.82) is 5.41 Å². The lowest BCUT2D eigenvalue weighted by atomic mass is 9.71. The molecule has 1 amide bonds. The van der Waals surface area contributed by atoms with Gasteiger partial charge in [0.15, 0.2) is 12.1 Å². The van der Waals surface area contributed by atoms with E-state index < -0.39 is 76.8 Å². The highest BCUT2D eigenvalue weighted by Crippen LogP contribution is 2.41. The molecule has 0 radical (unpaired) electrons. The molecule has 3 heterocycles. The van der Waals surface area contributed by atoms with Gasteiger partial charge >= 0.3 is 5.97 Å². The second-order valence-corrected chi connectivity index (χ2v) is 15.5. The zero-order valence-electron chi connectivity index (χ0n) is 31.6. The van der Waals surface area contributed by atoms with Gasteiger partial charge in [-0.1, -0.05) is 34.6 Å². The van der Waals surface area contributed by atoms with Crippen molar-refractivity contribution in [3.8, 4) is 0 Å². The van der Waals surface area contributed by atoms with Gasteiger partial charge < -0.3 is 44.2 Å². The van der Waals surface area contributed by atoms with Crippen molar-refractivity contribution < 1.29 is 48.3 Å². The van der Waals surface area contributed by atoms with Crippen LogP contribution in [0.25, 0.3) is 0 Å². The molecule has 3 fully saturated rings. The van der Waals surface area contributed by atoms with Crippen molar-refractivity contribution >= 4 is 29.1 Å². The Bertz CT molecular complexity index is 1250. The Morgan fingerprint density at radius 1 is 1.06 bits per heavy atom. The van der Waals surface area contributed by atoms with Crippen LogP contribution >= 0.6 is 0 Å². The predicted octanol–water partition coefficient (Wildman–Crippen LogP) is 3.35. The number of fused-ring (bicyclic) bond motifs is 5. The first-order chi connectivity index (χ1) is 22.6. The Balaban J connectivity index is 2.34. The van der Waals surface area contributed by atoms with Gasteiger partial charge in [-0.2, -0.15) is 0 Å². The number of nitrogens with one attached hydrogen (secondary N) is 1. The number of amides is 1. The van der Waals surface area contributed by atoms with Crippen LogP contribution in [0.5, 0.6) is 0 Å². The zero-order chi connectivity index (χ0) is 37.2. The summed E-state index contributed by atoms with van der Waals surface area (Å²) in [5.74, 6) is -3.88. The summed E-state index contributed by atoms with van der Waals surface area (Å²) in [6.07, 6.45) is -4.75. The molecule has 0 aromatic carbocycles. The Labute approximate surface area is 291 Å². The molecule has 3 aliphatic rings. The van der Waals surface area contributed by atoms with E-state index in [9.17, 15) is 24.6 Å². The zero-order valence-corrected chi connectivity index (χ0v) is 31.6. The summed E-state index contributed by atoms with van der Waals surface area (Å²) in [6.45, 7) is 16.5. The summed E-state index contributed by atoms with van der Waals surface area (Å²) in [7, 11) is 3.73. The van der Waals surface area contributed by atoms with Crippen LogP contribution in [0, 0.1) is 28.6 Å². The van der Waals surface area contributed by atoms with Gasteiger partial charge in [-0.3, -0.25) is 14.4 Å². The fourth-order valence-electron chi connectivity index (χ4n) is 7.78. The van der Waals surface area contributed by atoms with Gasteiger partial charge in [0.1, 0.15) is 23.2 Å². The molecule has 280 valence electrons. The number of cyclic esters (lactones) is 1. The standard InChI is InChI=1S/C36H61N3O10/c1-13-25-36(10,44)31-21(5)27(38-26(40)14-2)19(3)16-35(9,46-18-23(37)17-45-31)30(22(6)29(42)34(7,8)33(43)48-25)49-32-28(41)24(39(11)12)15-20(4)47-32/h19-22,24-25,28,30-32,37,41,44H,13-18H2,1-12H3/b37-23?,38-27+/t19-,20-,21+,22+,24+,25-,28-,30-,31-,32+,35-,36-/m1/s1. The molecule has 0 unspecified atom stereocenters. The number of esters is 1. The van der Waals surface area contributed by atoms with Crippen molar-refractivity contribution in [2.45, 2.75) is 149 Å². The number of carbonyl (C=O) groups is 3. The average molecular weight is 696 g/mol. The number of hydrogen-bond donors (Lipinski definition) is 3. The van der Waals surface area contributed by atoms with Crippen molar-refractivity contribution in [2.75, 3.05) is 27.3 Å². The van der Waals surface area contributed by atoms with Crippen molar-refractivity contribution in [3.05, 3.63) is 0 Å². The first-order valence-electron chi connectivity index (χ1n) is 17.7. The first-order valence-corrected chi connectivity index (χ1v) is 17.7. The monoisotopic (exact) mass is 695 g/mol. The maximum absolute atomic E-state index is 14.5. The molecular weight excluding hydrogens is 634 g/mol. The number of Topliss-reactive ketones (excluding diaryl/α,β-unsaturated/α-hetero) is 1. The fraction of sp³-hybridized carbons (Fsp3) is 0.861. The Kier molecular flexibility index (Phi) is 13.5. The van der Waals surface area contributed by atoms with Crippen LogP contribution in [0.3, 0.4) is 0 Å². The topological polar surface area (TPSA) is 177 Å². The third-order valence-electron chi connectivity index (χ3n) is 10.7. The van der Waals surface area contributed by atoms with Gasteiger partial charge in [-0.05, 0) is 73.9 Å². The van der Waals surface area contributed by atoms with Gasteiger partial charge in [-0.15, -0.1) is 0 Å². The molecule has 2 bridgehead atoms. The van der Waals surface area contributed by atoms with Gasteiger partial charge in [0.25, 0.3) is 0 Å². The molecule has 0 aromatic rings. The SMILES string of the molecule is CCC(=O)/N=C1\[C@H](C)C[C@@]2(C)OCC(=N)CO[C@H]([C@H]1C)[C@](C)(O)[C@@H](CC)OC(=O)C(C)(C)C(=O)[C@H](C)[C@H]2O[C@@H]1O[C@H](C)C[C@H](N(C)C)[C@H]1O. The number of ether oxygens (including phenoxy) is 5. The third kappa shape index (κ3) is 8.85. The molecule has 3 aliphatic heterocycles. The van der Waals surface area contributed by atoms with E-state index in [0.29, 0.717) is 12.1 Å². The molecule has 3 N–H and O–H groups in total. The van der Waals surface area contributed by atoms with E-state index in [4.69, 9.17) is 29.1 Å². The van der Waals surface area contributed by atoms with E-state index in [1.165, 1.54) is 20.8 Å². The molecule has 0 spiro atoms. The minimum atomic E-state index is -1.81. The van der Waals surface area contributed by atoms with Crippen LogP contribution in [0.2, 0.25) is 0 Å². The lowest BCUT2D eigenvalue weighted by Gasteiger charge is -2.48. The number of aliphatic imine (C=N–C) groups is 1. The van der Waals surface area contributed by atoms with Gasteiger partial charge in [-0.25, -0.2) is 4.99 Å². The molecular formula is C36H61N3O10. The molecule has 0 aliphatic carbocycles. The van der Waals surface area contributed by atoms with Crippen molar-refractivity contribution in [1.82, 2.24) is 4.90 Å². The van der Waals surface area contributed by atoms with Crippen molar-refractivity contribution in [3.63, 3.8) is 0 Å². The molecule has 49 heavy (non-hydrogen) atoms. The fourth-order valence-corrected chi connectivity index (χ4v) is 7.78. The molecule has 3 rings (SSSR count). The Hall–Kier alpha value is -2.13. The van der Waals surface area contributed by atoms with Gasteiger partial charge in [0.05, 0.1) is 42.8 Å². The molecule has 3 saturated heterocycles. The van der Waals surface area contributed by atoms with E-state index in [1.807, 2.05) is 32.8 Å². The van der Waals surface area contributed by atoms with E-state index in [-0.39, 0.29) is 56.2 Å². The highest BCUT2D eigenvalue weighted by Gasteiger charge is 2.55. The van der Waals surface area contributed by atoms with Crippen LogP contribution in [0.15, 0.2) is 4.99 Å². The normalized spacial score (nSPS) is 42.3. The summed E-state index contributed by atoms with van der Waals surface area (Å²) in [5, 5.41) is 32.4. The van der Waals surface area contributed by atoms with Crippen LogP contribution < -0.4 is 0 Å². The van der Waals surface area contributed by atoms with E-state index in [2.05, 4.69) is 4.99 Å². The summed E-state index contributed by atoms with van der Waals surface area (Å²) < 4.78 is 31.7. The predicted molar refractivity (Wildman–Crippen MR) is 184 cm³/mol. The van der Waals surface area contributed by atoms with Crippen molar-refractivity contribution in [2.24, 2.45) is 28.2 Å². The number of hydrogen-bond acceptors (Lipinski definition) is 12. The van der Waals surface area contributed by atoms with Gasteiger partial charge in [0.2, 0.25) is 5.91 Å². The second kappa shape index (κ2) is 16.0. The van der Waals surface area contributed by atoms with Gasteiger partial charge in [0, 0.05) is 30.0 Å². The lowest BCUT2D eigenvalue weighted by Crippen LogP contribution is -2.61. The Morgan fingerprint density at radius 3 is 2.27 bits per heavy atom. The maximum atomic E-state index is 14.5. The number of likely N-dealkylation sites (N-methyl/N-ethyl adjacent to an activating group) is 1. The smallest absolute Gasteiger partial charge is 0.319 e. The summed E-state index contributed by atoms with van der Waals surface area (Å²) >= 11 is 0. The first kappa shape index (κ1) is 41.3. The van der Waals surface area contributed by atoms with Crippen LogP contribution in [-0.4, -0.2) is 126 Å². The molecule has 0 saturated carbocycles. The molecule has 12 atom stereocenters. The van der Waals surface area contributed by atoms with E-state index >= 15 is 0 Å². The van der Waals surface area contributed by atoms with E-state index in [1.54, 1.807) is 34.6 Å². The number of ketones is 1. The summed E-state index contributed by atoms with van der Waals surface area (Å²) in [4.78, 5) is 47.8. The average Bonchev–Trinajstić information content (AvgIpc) is 3.04. The highest BCUT2D eigenvalue weighted by atomic mass is 16.7. The number of nitrogens with zero attached hydrogens (tertiary/aromatic N) is 2. The van der Waals surface area contributed by atoms with Crippen LogP contribution in [0.1, 0.15) is 94.9 Å². The second-order valence-electron chi connectivity index (χ2n) is 15.5. The molecule has 13 nitrogen and oxygen atoms in total. The number of carbonyl (C=O) groups excluding carboxylic acids is 3. The summed E-state index contributed by atoms with van der Waals surface area (Å²) in [6, 6.07) is -0.300. The van der Waals surface area contributed by atoms with Crippen LogP contribution in [-0.2, 0) is 38.1 Å². The molecule has 13 heteroatoms. The number of rotatable bonds is 5.